The third-order valence-corrected chi connectivity index (χ3v) is 9.69. The minimum absolute atomic E-state index is 0.317. The fourth-order valence-electron chi connectivity index (χ4n) is 6.27. The first-order chi connectivity index (χ1) is 23.5. The highest BCUT2D eigenvalue weighted by Crippen LogP contribution is 2.47. The van der Waals surface area contributed by atoms with Gasteiger partial charge in [0, 0.05) is 0 Å². The van der Waals surface area contributed by atoms with Crippen LogP contribution in [-0.2, 0) is 20.8 Å². The molecule has 4 aromatic rings. The Labute approximate surface area is 287 Å². The first-order valence-electron chi connectivity index (χ1n) is 16.1. The number of carbonyl (C=O) groups excluding carboxylic acids is 2. The zero-order valence-electron chi connectivity index (χ0n) is 28.7. The molecule has 0 saturated heterocycles. The van der Waals surface area contributed by atoms with Gasteiger partial charge >= 0.3 is 0 Å². The van der Waals surface area contributed by atoms with Crippen LogP contribution in [0.5, 0.6) is 23.0 Å². The predicted molar refractivity (Wildman–Crippen MR) is 185 cm³/mol. The molecular weight excluding hydrogens is 624 g/mol. The highest BCUT2D eigenvalue weighted by Gasteiger charge is 2.58. The Morgan fingerprint density at radius 3 is 0.939 bits per heavy atom. The predicted octanol–water partition coefficient (Wildman–Crippen LogP) is 4.68. The molecule has 0 heterocycles. The van der Waals surface area contributed by atoms with Crippen LogP contribution in [0.4, 0.5) is 0 Å². The summed E-state index contributed by atoms with van der Waals surface area (Å²) >= 11 is 0. The smallest absolute Gasteiger partial charge is 0.236 e. The lowest BCUT2D eigenvalue weighted by atomic mass is 9.80. The monoisotopic (exact) mass is 668 g/mol. The molecule has 4 N–H and O–H groups in total. The molecular formula is C39H44N2O8. The van der Waals surface area contributed by atoms with Crippen molar-refractivity contribution in [3.63, 3.8) is 0 Å². The minimum atomic E-state index is -1.67. The summed E-state index contributed by atoms with van der Waals surface area (Å²) in [6, 6.07) is 26.1. The molecule has 1 aliphatic carbocycles. The topological polar surface area (TPSA) is 136 Å². The largest absolute Gasteiger partial charge is 0.497 e. The van der Waals surface area contributed by atoms with Gasteiger partial charge in [-0.15, -0.1) is 0 Å². The lowest BCUT2D eigenvalue weighted by Gasteiger charge is -2.38. The summed E-state index contributed by atoms with van der Waals surface area (Å²) in [5.41, 5.74) is -2.61. The van der Waals surface area contributed by atoms with Gasteiger partial charge in [-0.25, -0.2) is 0 Å². The van der Waals surface area contributed by atoms with Crippen molar-refractivity contribution in [1.82, 2.24) is 10.6 Å². The van der Waals surface area contributed by atoms with E-state index < -0.39 is 40.5 Å². The van der Waals surface area contributed by atoms with Crippen LogP contribution in [0.15, 0.2) is 97.1 Å². The first kappa shape index (κ1) is 35.3. The summed E-state index contributed by atoms with van der Waals surface area (Å²) in [5.74, 6) is 1.44. The quantitative estimate of drug-likeness (QED) is 0.142. The summed E-state index contributed by atoms with van der Waals surface area (Å²) in [6.45, 7) is 3.41. The van der Waals surface area contributed by atoms with Gasteiger partial charge in [0.2, 0.25) is 11.8 Å². The molecule has 1 fully saturated rings. The van der Waals surface area contributed by atoms with Gasteiger partial charge in [-0.05, 0) is 97.5 Å². The normalized spacial score (nSPS) is 14.9. The highest BCUT2D eigenvalue weighted by molar-refractivity contribution is 6.08. The Morgan fingerprint density at radius 1 is 0.531 bits per heavy atom. The Hall–Kier alpha value is -5.06. The summed E-state index contributed by atoms with van der Waals surface area (Å²) in [5, 5.41) is 30.6. The van der Waals surface area contributed by atoms with Gasteiger partial charge in [-0.2, -0.15) is 0 Å². The van der Waals surface area contributed by atoms with Crippen molar-refractivity contribution in [2.45, 2.75) is 50.0 Å². The van der Waals surface area contributed by atoms with Crippen molar-refractivity contribution < 1.29 is 38.7 Å². The summed E-state index contributed by atoms with van der Waals surface area (Å²) in [6.07, 6.45) is 0.633. The Kier molecular flexibility index (Phi) is 10.2. The van der Waals surface area contributed by atoms with E-state index in [1.807, 2.05) is 0 Å². The highest BCUT2D eigenvalue weighted by atomic mass is 16.5. The molecule has 1 saturated carbocycles. The molecule has 10 nitrogen and oxygen atoms in total. The second-order valence-corrected chi connectivity index (χ2v) is 12.4. The van der Waals surface area contributed by atoms with E-state index in [1.165, 1.54) is 0 Å². The van der Waals surface area contributed by atoms with E-state index >= 15 is 0 Å². The van der Waals surface area contributed by atoms with Gasteiger partial charge < -0.3 is 39.8 Å². The molecule has 1 aliphatic rings. The fraction of sp³-hybridized carbons (Fsp3) is 0.333. The summed E-state index contributed by atoms with van der Waals surface area (Å²) in [4.78, 5) is 28.0. The molecule has 2 amide bonds. The van der Waals surface area contributed by atoms with E-state index in [0.29, 0.717) is 58.1 Å². The van der Waals surface area contributed by atoms with E-state index in [0.717, 1.165) is 0 Å². The van der Waals surface area contributed by atoms with Gasteiger partial charge in [0.15, 0.2) is 0 Å². The molecule has 0 spiro atoms. The van der Waals surface area contributed by atoms with Crippen LogP contribution in [0.3, 0.4) is 0 Å². The SMILES string of the molecule is COc1ccc(C(O)(c2ccc(OC)cc2)[C@@H](C)NC(=O)C2(C(=O)N[C@H](C)C(O)(c3ccc(OC)cc3)c3ccc(OC)cc3)CC2)cc1. The lowest BCUT2D eigenvalue weighted by molar-refractivity contribution is -0.139. The zero-order valence-corrected chi connectivity index (χ0v) is 28.7. The first-order valence-corrected chi connectivity index (χ1v) is 16.1. The summed E-state index contributed by atoms with van der Waals surface area (Å²) in [7, 11) is 6.24. The molecule has 0 aromatic heterocycles. The van der Waals surface area contributed by atoms with Crippen LogP contribution in [-0.4, -0.2) is 62.6 Å². The average Bonchev–Trinajstić information content (AvgIpc) is 3.97. The molecule has 0 bridgehead atoms. The molecule has 258 valence electrons. The number of ether oxygens (including phenoxy) is 4. The molecule has 10 heteroatoms. The van der Waals surface area contributed by atoms with Crippen LogP contribution >= 0.6 is 0 Å². The average molecular weight is 669 g/mol. The number of carbonyl (C=O) groups is 2. The van der Waals surface area contributed by atoms with E-state index in [1.54, 1.807) is 139 Å². The molecule has 5 rings (SSSR count). The fourth-order valence-corrected chi connectivity index (χ4v) is 6.27. The molecule has 49 heavy (non-hydrogen) atoms. The second-order valence-electron chi connectivity index (χ2n) is 12.4. The van der Waals surface area contributed by atoms with Gasteiger partial charge in [0.25, 0.3) is 0 Å². The standard InChI is InChI=1S/C39H44N2O8/c1-25(38(44,27-7-15-31(46-3)16-8-27)28-9-17-32(47-4)18-10-28)40-35(42)37(23-24-37)36(43)41-26(2)39(45,29-11-19-33(48-5)20-12-29)30-13-21-34(49-6)22-14-30/h7-22,25-26,44-45H,23-24H2,1-6H3,(H,40,42)(H,41,43)/t25-,26-/m1/s1. The van der Waals surface area contributed by atoms with Gasteiger partial charge in [0.05, 0.1) is 40.5 Å². The molecule has 0 aliphatic heterocycles. The number of hydrogen-bond donors (Lipinski definition) is 4. The van der Waals surface area contributed by atoms with Crippen molar-refractivity contribution in [2.75, 3.05) is 28.4 Å². The number of hydrogen-bond acceptors (Lipinski definition) is 8. The number of amides is 2. The lowest BCUT2D eigenvalue weighted by Crippen LogP contribution is -2.56. The van der Waals surface area contributed by atoms with Crippen LogP contribution in [0.2, 0.25) is 0 Å². The maximum absolute atomic E-state index is 14.0. The van der Waals surface area contributed by atoms with E-state index in [4.69, 9.17) is 18.9 Å². The van der Waals surface area contributed by atoms with Crippen molar-refractivity contribution >= 4 is 11.8 Å². The van der Waals surface area contributed by atoms with Crippen molar-refractivity contribution in [1.29, 1.82) is 0 Å². The van der Waals surface area contributed by atoms with Crippen LogP contribution in [0, 0.1) is 5.41 Å². The third kappa shape index (κ3) is 6.66. The van der Waals surface area contributed by atoms with Crippen LogP contribution in [0.25, 0.3) is 0 Å². The molecule has 0 unspecified atom stereocenters. The number of rotatable bonds is 14. The number of methoxy groups -OCH3 is 4. The molecule has 4 aromatic carbocycles. The van der Waals surface area contributed by atoms with E-state index in [2.05, 4.69) is 10.6 Å². The Balaban J connectivity index is 1.41. The van der Waals surface area contributed by atoms with Crippen molar-refractivity contribution in [2.24, 2.45) is 5.41 Å². The third-order valence-electron chi connectivity index (χ3n) is 9.69. The van der Waals surface area contributed by atoms with Crippen molar-refractivity contribution in [3.05, 3.63) is 119 Å². The van der Waals surface area contributed by atoms with Gasteiger partial charge in [-0.3, -0.25) is 9.59 Å². The minimum Gasteiger partial charge on any atom is -0.497 e. The number of aliphatic hydroxyl groups is 2. The van der Waals surface area contributed by atoms with E-state index in [-0.39, 0.29) is 0 Å². The maximum Gasteiger partial charge on any atom is 0.236 e. The van der Waals surface area contributed by atoms with E-state index in [9.17, 15) is 19.8 Å². The summed E-state index contributed by atoms with van der Waals surface area (Å²) < 4.78 is 21.3. The second kappa shape index (κ2) is 14.2. The van der Waals surface area contributed by atoms with Gasteiger partial charge in [0.1, 0.15) is 39.6 Å². The molecule has 2 atom stereocenters. The number of nitrogens with one attached hydrogen (secondary N) is 2. The zero-order chi connectivity index (χ0) is 35.4. The van der Waals surface area contributed by atoms with Crippen molar-refractivity contribution in [3.8, 4) is 23.0 Å². The molecule has 0 radical (unpaired) electrons. The Bertz CT molecular complexity index is 1510. The number of benzene rings is 4. The Morgan fingerprint density at radius 2 is 0.755 bits per heavy atom. The van der Waals surface area contributed by atoms with Crippen LogP contribution < -0.4 is 29.6 Å². The van der Waals surface area contributed by atoms with Gasteiger partial charge in [-0.1, -0.05) is 48.5 Å². The maximum atomic E-state index is 14.0. The van der Waals surface area contributed by atoms with Crippen LogP contribution in [0.1, 0.15) is 48.9 Å².